The van der Waals surface area contributed by atoms with Gasteiger partial charge in [-0.15, -0.1) is 0 Å². The number of aromatic nitrogens is 2. The molecule has 24 heavy (non-hydrogen) atoms. The number of urea groups is 1. The highest BCUT2D eigenvalue weighted by Gasteiger charge is 2.12. The predicted molar refractivity (Wildman–Crippen MR) is 103 cm³/mol. The zero-order valence-electron chi connectivity index (χ0n) is 12.9. The van der Waals surface area contributed by atoms with Crippen molar-refractivity contribution in [2.24, 2.45) is 0 Å². The van der Waals surface area contributed by atoms with E-state index in [1.54, 1.807) is 30.3 Å². The second-order valence-corrected chi connectivity index (χ2v) is 6.36. The van der Waals surface area contributed by atoms with E-state index in [1.807, 2.05) is 25.1 Å². The van der Waals surface area contributed by atoms with E-state index in [9.17, 15) is 9.59 Å². The second kappa shape index (κ2) is 7.00. The molecule has 0 unspecified atom stereocenters. The van der Waals surface area contributed by atoms with Crippen LogP contribution in [0.5, 0.6) is 0 Å². The highest BCUT2D eigenvalue weighted by Crippen LogP contribution is 2.11. The number of aryl methyl sites for hydroxylation is 1. The zero-order valence-corrected chi connectivity index (χ0v) is 15.1. The van der Waals surface area contributed by atoms with Gasteiger partial charge in [0.05, 0.1) is 10.9 Å². The number of nitrogens with zero attached hydrogens (tertiary/aromatic N) is 2. The molecule has 0 bridgehead atoms. The minimum absolute atomic E-state index is 0.296. The number of para-hydroxylation sites is 1. The standard InChI is InChI=1S/C17H15IN4O2/c1-2-15-20-14-6-4-3-5-13(14)16(23)22(15)21-17(24)19-12-9-7-11(18)8-10-12/h3-10H,2H2,1H3,(H2,19,21,24). The monoisotopic (exact) mass is 434 g/mol. The van der Waals surface area contributed by atoms with Gasteiger partial charge in [-0.05, 0) is 59.0 Å². The first-order valence-electron chi connectivity index (χ1n) is 7.42. The van der Waals surface area contributed by atoms with Crippen LogP contribution in [0.3, 0.4) is 0 Å². The van der Waals surface area contributed by atoms with Gasteiger partial charge in [0.15, 0.2) is 0 Å². The average Bonchev–Trinajstić information content (AvgIpc) is 2.59. The van der Waals surface area contributed by atoms with Gasteiger partial charge in [-0.1, -0.05) is 19.1 Å². The van der Waals surface area contributed by atoms with Crippen molar-refractivity contribution < 1.29 is 4.79 Å². The van der Waals surface area contributed by atoms with E-state index in [0.717, 1.165) is 3.57 Å². The van der Waals surface area contributed by atoms with Crippen molar-refractivity contribution >= 4 is 45.2 Å². The normalized spacial score (nSPS) is 10.6. The van der Waals surface area contributed by atoms with Crippen molar-refractivity contribution in [3.05, 3.63) is 68.3 Å². The summed E-state index contributed by atoms with van der Waals surface area (Å²) in [5.41, 5.74) is 3.55. The maximum atomic E-state index is 12.6. The lowest BCUT2D eigenvalue weighted by atomic mass is 10.2. The van der Waals surface area contributed by atoms with E-state index >= 15 is 0 Å². The Hall–Kier alpha value is -2.42. The van der Waals surface area contributed by atoms with Gasteiger partial charge in [0.2, 0.25) is 0 Å². The van der Waals surface area contributed by atoms with Gasteiger partial charge < -0.3 is 5.32 Å². The maximum Gasteiger partial charge on any atom is 0.338 e. The van der Waals surface area contributed by atoms with Crippen LogP contribution in [0.15, 0.2) is 53.3 Å². The molecule has 6 nitrogen and oxygen atoms in total. The molecule has 3 rings (SSSR count). The molecule has 1 aromatic heterocycles. The van der Waals surface area contributed by atoms with Crippen LogP contribution in [0.25, 0.3) is 10.9 Å². The van der Waals surface area contributed by atoms with E-state index in [2.05, 4.69) is 38.3 Å². The molecule has 3 aromatic rings. The van der Waals surface area contributed by atoms with Crippen molar-refractivity contribution in [3.63, 3.8) is 0 Å². The number of nitrogens with one attached hydrogen (secondary N) is 2. The van der Waals surface area contributed by atoms with Gasteiger partial charge in [0, 0.05) is 15.7 Å². The lowest BCUT2D eigenvalue weighted by Gasteiger charge is -2.14. The summed E-state index contributed by atoms with van der Waals surface area (Å²) in [5, 5.41) is 3.17. The van der Waals surface area contributed by atoms with Gasteiger partial charge in [0.1, 0.15) is 5.82 Å². The van der Waals surface area contributed by atoms with Crippen molar-refractivity contribution in [2.75, 3.05) is 10.7 Å². The Morgan fingerprint density at radius 3 is 2.58 bits per heavy atom. The van der Waals surface area contributed by atoms with Gasteiger partial charge in [-0.3, -0.25) is 4.79 Å². The van der Waals surface area contributed by atoms with Crippen molar-refractivity contribution in [1.82, 2.24) is 9.66 Å². The molecule has 0 aliphatic heterocycles. The van der Waals surface area contributed by atoms with E-state index in [4.69, 9.17) is 0 Å². The summed E-state index contributed by atoms with van der Waals surface area (Å²) in [6, 6.07) is 13.9. The zero-order chi connectivity index (χ0) is 17.1. The molecule has 0 radical (unpaired) electrons. The third kappa shape index (κ3) is 3.40. The van der Waals surface area contributed by atoms with Crippen LogP contribution < -0.4 is 16.3 Å². The molecule has 0 saturated carbocycles. The Balaban J connectivity index is 1.91. The molecular formula is C17H15IN4O2. The summed E-state index contributed by atoms with van der Waals surface area (Å²) >= 11 is 2.19. The summed E-state index contributed by atoms with van der Waals surface area (Å²) in [5.74, 6) is 0.497. The summed E-state index contributed by atoms with van der Waals surface area (Å²) in [7, 11) is 0. The summed E-state index contributed by atoms with van der Waals surface area (Å²) in [6.07, 6.45) is 0.518. The van der Waals surface area contributed by atoms with Crippen molar-refractivity contribution in [3.8, 4) is 0 Å². The van der Waals surface area contributed by atoms with Crippen LogP contribution in [-0.2, 0) is 6.42 Å². The number of amides is 2. The Morgan fingerprint density at radius 2 is 1.88 bits per heavy atom. The fourth-order valence-corrected chi connectivity index (χ4v) is 2.68. The van der Waals surface area contributed by atoms with Gasteiger partial charge in [-0.25, -0.2) is 19.9 Å². The summed E-state index contributed by atoms with van der Waals surface area (Å²) < 4.78 is 2.27. The molecule has 0 spiro atoms. The van der Waals surface area contributed by atoms with E-state index in [-0.39, 0.29) is 5.56 Å². The topological polar surface area (TPSA) is 76.0 Å². The number of carbonyl (C=O) groups is 1. The highest BCUT2D eigenvalue weighted by molar-refractivity contribution is 14.1. The third-order valence-electron chi connectivity index (χ3n) is 3.48. The van der Waals surface area contributed by atoms with E-state index in [1.165, 1.54) is 4.68 Å². The number of halogens is 1. The molecule has 1 heterocycles. The number of hydrogen-bond acceptors (Lipinski definition) is 3. The van der Waals surface area contributed by atoms with Crippen LogP contribution >= 0.6 is 22.6 Å². The molecule has 2 N–H and O–H groups in total. The highest BCUT2D eigenvalue weighted by atomic mass is 127. The quantitative estimate of drug-likeness (QED) is 0.621. The van der Waals surface area contributed by atoms with Crippen LogP contribution in [0, 0.1) is 3.57 Å². The van der Waals surface area contributed by atoms with Crippen molar-refractivity contribution in [1.29, 1.82) is 0 Å². The van der Waals surface area contributed by atoms with E-state index < -0.39 is 6.03 Å². The Kier molecular flexibility index (Phi) is 4.79. The van der Waals surface area contributed by atoms with Crippen LogP contribution in [0.4, 0.5) is 10.5 Å². The first-order chi connectivity index (χ1) is 11.6. The summed E-state index contributed by atoms with van der Waals surface area (Å²) in [6.45, 7) is 1.88. The second-order valence-electron chi connectivity index (χ2n) is 5.11. The molecule has 0 aliphatic carbocycles. The van der Waals surface area contributed by atoms with E-state index in [0.29, 0.717) is 28.8 Å². The van der Waals surface area contributed by atoms with Gasteiger partial charge in [0.25, 0.3) is 5.56 Å². The predicted octanol–water partition coefficient (Wildman–Crippen LogP) is 3.34. The Bertz CT molecular complexity index is 951. The number of hydrogen-bond donors (Lipinski definition) is 2. The number of anilines is 1. The molecule has 7 heteroatoms. The molecule has 2 aromatic carbocycles. The molecule has 0 fully saturated rings. The molecule has 0 saturated heterocycles. The SMILES string of the molecule is CCc1nc2ccccc2c(=O)n1NC(=O)Nc1ccc(I)cc1. The number of fused-ring (bicyclic) bond motifs is 1. The largest absolute Gasteiger partial charge is 0.338 e. The lowest BCUT2D eigenvalue weighted by Crippen LogP contribution is -2.38. The minimum atomic E-state index is -0.495. The molecular weight excluding hydrogens is 419 g/mol. The first-order valence-corrected chi connectivity index (χ1v) is 8.50. The Labute approximate surface area is 152 Å². The fourth-order valence-electron chi connectivity index (χ4n) is 2.32. The van der Waals surface area contributed by atoms with Crippen LogP contribution in [0.1, 0.15) is 12.7 Å². The molecule has 0 atom stereocenters. The smallest absolute Gasteiger partial charge is 0.307 e. The lowest BCUT2D eigenvalue weighted by molar-refractivity contribution is 0.259. The van der Waals surface area contributed by atoms with Gasteiger partial charge in [-0.2, -0.15) is 0 Å². The number of rotatable bonds is 3. The van der Waals surface area contributed by atoms with Crippen LogP contribution in [0.2, 0.25) is 0 Å². The summed E-state index contributed by atoms with van der Waals surface area (Å²) in [4.78, 5) is 29.3. The van der Waals surface area contributed by atoms with Crippen LogP contribution in [-0.4, -0.2) is 15.7 Å². The number of carbonyl (C=O) groups excluding carboxylic acids is 1. The van der Waals surface area contributed by atoms with Crippen molar-refractivity contribution in [2.45, 2.75) is 13.3 Å². The Morgan fingerprint density at radius 1 is 1.17 bits per heavy atom. The number of benzene rings is 2. The maximum absolute atomic E-state index is 12.6. The molecule has 2 amide bonds. The minimum Gasteiger partial charge on any atom is -0.307 e. The average molecular weight is 434 g/mol. The molecule has 0 aliphatic rings. The fraction of sp³-hybridized carbons (Fsp3) is 0.118. The third-order valence-corrected chi connectivity index (χ3v) is 4.20. The first kappa shape index (κ1) is 16.4. The molecule has 122 valence electrons. The van der Waals surface area contributed by atoms with Gasteiger partial charge >= 0.3 is 6.03 Å².